The molecule has 1 N–H and O–H groups in total. The monoisotopic (exact) mass is 291 g/mol. The lowest BCUT2D eigenvalue weighted by atomic mass is 9.95. The Morgan fingerprint density at radius 3 is 2.48 bits per heavy atom. The molecular weight excluding hydrogens is 258 g/mol. The highest BCUT2D eigenvalue weighted by Crippen LogP contribution is 2.24. The van der Waals surface area contributed by atoms with E-state index < -0.39 is 0 Å². The van der Waals surface area contributed by atoms with E-state index in [-0.39, 0.29) is 6.10 Å². The second-order valence-electron chi connectivity index (χ2n) is 5.71. The van der Waals surface area contributed by atoms with Crippen molar-refractivity contribution in [3.63, 3.8) is 0 Å². The molecule has 0 aliphatic heterocycles. The highest BCUT2D eigenvalue weighted by atomic mass is 16.5. The number of aryl methyl sites for hydroxylation is 1. The van der Waals surface area contributed by atoms with Gasteiger partial charge in [-0.15, -0.1) is 0 Å². The average molecular weight is 291 g/mol. The summed E-state index contributed by atoms with van der Waals surface area (Å²) in [4.78, 5) is 0. The van der Waals surface area contributed by atoms with Crippen LogP contribution in [0.4, 0.5) is 0 Å². The summed E-state index contributed by atoms with van der Waals surface area (Å²) >= 11 is 0. The molecule has 0 saturated heterocycles. The average Bonchev–Trinajstić information content (AvgIpc) is 2.49. The summed E-state index contributed by atoms with van der Waals surface area (Å²) in [5.41, 5.74) is 2.81. The van der Waals surface area contributed by atoms with Crippen molar-refractivity contribution in [1.82, 2.24) is 5.32 Å². The van der Waals surface area contributed by atoms with Crippen LogP contribution in [0.2, 0.25) is 0 Å². The summed E-state index contributed by atoms with van der Waals surface area (Å²) < 4.78 is 6.03. The van der Waals surface area contributed by atoms with Crippen molar-refractivity contribution in [2.24, 2.45) is 0 Å². The van der Waals surface area contributed by atoms with E-state index in [1.807, 2.05) is 0 Å². The standard InChI is InChI=1S/C19H33NO/c1-5-10-16-12-9-13-17(15-16)19(20-14-7-3)18(11-6-2)21-8-4/h9,12-13,15,18-20H,5-8,10-11,14H2,1-4H3. The first-order chi connectivity index (χ1) is 10.3. The van der Waals surface area contributed by atoms with Gasteiger partial charge in [0.05, 0.1) is 12.1 Å². The number of rotatable bonds is 11. The van der Waals surface area contributed by atoms with Gasteiger partial charge in [-0.2, -0.15) is 0 Å². The summed E-state index contributed by atoms with van der Waals surface area (Å²) in [5, 5.41) is 3.70. The summed E-state index contributed by atoms with van der Waals surface area (Å²) in [6.45, 7) is 10.6. The quantitative estimate of drug-likeness (QED) is 0.627. The number of nitrogens with one attached hydrogen (secondary N) is 1. The maximum absolute atomic E-state index is 6.03. The second-order valence-corrected chi connectivity index (χ2v) is 5.71. The van der Waals surface area contributed by atoms with Gasteiger partial charge in [0.25, 0.3) is 0 Å². The van der Waals surface area contributed by atoms with Gasteiger partial charge in [-0.25, -0.2) is 0 Å². The van der Waals surface area contributed by atoms with Crippen LogP contribution in [0.15, 0.2) is 24.3 Å². The fraction of sp³-hybridized carbons (Fsp3) is 0.684. The fourth-order valence-corrected chi connectivity index (χ4v) is 2.84. The smallest absolute Gasteiger partial charge is 0.0769 e. The van der Waals surface area contributed by atoms with Gasteiger partial charge in [-0.1, -0.05) is 57.9 Å². The molecule has 2 unspecified atom stereocenters. The van der Waals surface area contributed by atoms with Crippen molar-refractivity contribution in [2.45, 2.75) is 71.9 Å². The van der Waals surface area contributed by atoms with Crippen molar-refractivity contribution in [1.29, 1.82) is 0 Å². The maximum atomic E-state index is 6.03. The highest BCUT2D eigenvalue weighted by Gasteiger charge is 2.22. The normalized spacial score (nSPS) is 14.1. The number of ether oxygens (including phenoxy) is 1. The zero-order valence-electron chi connectivity index (χ0n) is 14.3. The van der Waals surface area contributed by atoms with E-state index in [1.54, 1.807) is 0 Å². The van der Waals surface area contributed by atoms with Gasteiger partial charge in [0.1, 0.15) is 0 Å². The molecule has 2 heteroatoms. The third-order valence-electron chi connectivity index (χ3n) is 3.79. The predicted molar refractivity (Wildman–Crippen MR) is 91.8 cm³/mol. The topological polar surface area (TPSA) is 21.3 Å². The van der Waals surface area contributed by atoms with Crippen LogP contribution in [0.1, 0.15) is 70.5 Å². The van der Waals surface area contributed by atoms with Gasteiger partial charge in [-0.05, 0) is 43.9 Å². The second kappa shape index (κ2) is 10.8. The van der Waals surface area contributed by atoms with Crippen LogP contribution in [0, 0.1) is 0 Å². The molecule has 0 heterocycles. The molecule has 2 nitrogen and oxygen atoms in total. The van der Waals surface area contributed by atoms with Gasteiger partial charge < -0.3 is 10.1 Å². The molecule has 1 aromatic carbocycles. The van der Waals surface area contributed by atoms with E-state index >= 15 is 0 Å². The van der Waals surface area contributed by atoms with E-state index in [0.717, 1.165) is 38.8 Å². The van der Waals surface area contributed by atoms with Crippen molar-refractivity contribution in [3.8, 4) is 0 Å². The van der Waals surface area contributed by atoms with E-state index in [1.165, 1.54) is 17.5 Å². The third-order valence-corrected chi connectivity index (χ3v) is 3.79. The molecule has 0 saturated carbocycles. The van der Waals surface area contributed by atoms with Gasteiger partial charge in [-0.3, -0.25) is 0 Å². The van der Waals surface area contributed by atoms with Crippen molar-refractivity contribution in [2.75, 3.05) is 13.2 Å². The number of benzene rings is 1. The summed E-state index contributed by atoms with van der Waals surface area (Å²) in [7, 11) is 0. The minimum absolute atomic E-state index is 0.267. The van der Waals surface area contributed by atoms with E-state index in [9.17, 15) is 0 Å². The van der Waals surface area contributed by atoms with Crippen molar-refractivity contribution < 1.29 is 4.74 Å². The lowest BCUT2D eigenvalue weighted by Gasteiger charge is -2.28. The summed E-state index contributed by atoms with van der Waals surface area (Å²) in [6.07, 6.45) is 6.03. The Labute approximate surface area is 131 Å². The first kappa shape index (κ1) is 18.2. The lowest BCUT2D eigenvalue weighted by molar-refractivity contribution is 0.0276. The lowest BCUT2D eigenvalue weighted by Crippen LogP contribution is -2.34. The molecule has 0 radical (unpaired) electrons. The molecule has 120 valence electrons. The molecule has 1 rings (SSSR count). The van der Waals surface area contributed by atoms with Crippen LogP contribution >= 0.6 is 0 Å². The first-order valence-electron chi connectivity index (χ1n) is 8.70. The maximum Gasteiger partial charge on any atom is 0.0769 e. The van der Waals surface area contributed by atoms with Gasteiger partial charge in [0, 0.05) is 6.61 Å². The first-order valence-corrected chi connectivity index (χ1v) is 8.70. The van der Waals surface area contributed by atoms with Crippen LogP contribution in [0.5, 0.6) is 0 Å². The van der Waals surface area contributed by atoms with Crippen LogP contribution in [0.3, 0.4) is 0 Å². The molecule has 0 fully saturated rings. The largest absolute Gasteiger partial charge is 0.377 e. The molecule has 0 amide bonds. The van der Waals surface area contributed by atoms with E-state index in [2.05, 4.69) is 57.3 Å². The molecule has 0 bridgehead atoms. The Kier molecular flexibility index (Phi) is 9.36. The zero-order chi connectivity index (χ0) is 15.5. The fourth-order valence-electron chi connectivity index (χ4n) is 2.84. The Balaban J connectivity index is 2.95. The van der Waals surface area contributed by atoms with Gasteiger partial charge in [0.15, 0.2) is 0 Å². The number of hydrogen-bond acceptors (Lipinski definition) is 2. The van der Waals surface area contributed by atoms with Crippen LogP contribution in [-0.4, -0.2) is 19.3 Å². The highest BCUT2D eigenvalue weighted by molar-refractivity contribution is 5.27. The molecule has 1 aromatic rings. The molecule has 0 aliphatic carbocycles. The molecule has 2 atom stereocenters. The Morgan fingerprint density at radius 2 is 1.86 bits per heavy atom. The number of hydrogen-bond donors (Lipinski definition) is 1. The SMILES string of the molecule is CCCNC(c1cccc(CCC)c1)C(CCC)OCC. The summed E-state index contributed by atoms with van der Waals surface area (Å²) in [6, 6.07) is 9.34. The molecule has 0 spiro atoms. The van der Waals surface area contributed by atoms with Crippen molar-refractivity contribution >= 4 is 0 Å². The zero-order valence-corrected chi connectivity index (χ0v) is 14.3. The van der Waals surface area contributed by atoms with E-state index in [4.69, 9.17) is 4.74 Å². The summed E-state index contributed by atoms with van der Waals surface area (Å²) in [5.74, 6) is 0. The van der Waals surface area contributed by atoms with Crippen LogP contribution in [0.25, 0.3) is 0 Å². The minimum Gasteiger partial charge on any atom is -0.377 e. The minimum atomic E-state index is 0.267. The Bertz CT molecular complexity index is 372. The van der Waals surface area contributed by atoms with Crippen LogP contribution < -0.4 is 5.32 Å². The Hall–Kier alpha value is -0.860. The van der Waals surface area contributed by atoms with E-state index in [0.29, 0.717) is 6.04 Å². The molecule has 0 aromatic heterocycles. The van der Waals surface area contributed by atoms with Crippen LogP contribution in [-0.2, 0) is 11.2 Å². The predicted octanol–water partition coefficient (Wildman–Crippen LogP) is 4.89. The molecule has 21 heavy (non-hydrogen) atoms. The van der Waals surface area contributed by atoms with Gasteiger partial charge >= 0.3 is 0 Å². The molecule has 0 aliphatic rings. The molecular formula is C19H33NO. The van der Waals surface area contributed by atoms with Gasteiger partial charge in [0.2, 0.25) is 0 Å². The Morgan fingerprint density at radius 1 is 1.05 bits per heavy atom. The van der Waals surface area contributed by atoms with Crippen molar-refractivity contribution in [3.05, 3.63) is 35.4 Å². The third kappa shape index (κ3) is 6.19.